The molecule has 3 rings (SSSR count). The topological polar surface area (TPSA) is 60.2 Å². The normalized spacial score (nSPS) is 17.5. The highest BCUT2D eigenvalue weighted by Gasteiger charge is 2.35. The van der Waals surface area contributed by atoms with Gasteiger partial charge in [-0.15, -0.1) is 0 Å². The lowest BCUT2D eigenvalue weighted by Gasteiger charge is -2.13. The van der Waals surface area contributed by atoms with Crippen molar-refractivity contribution in [1.82, 2.24) is 4.98 Å². The van der Waals surface area contributed by atoms with Gasteiger partial charge in [0.2, 0.25) is 5.89 Å². The molecular formula is C16H20ClNO3S. The summed E-state index contributed by atoms with van der Waals surface area (Å²) in [6, 6.07) is 3.31. The van der Waals surface area contributed by atoms with Gasteiger partial charge in [-0.25, -0.2) is 13.4 Å². The minimum atomic E-state index is -3.49. The number of benzene rings is 1. The standard InChI is InChI=1S/C16H20ClNO3S/c1-16(2,3)15-18-12-9-8-11(17)14(13(12)21-15)22(19,20)10-6-4-5-7-10/h8-10H,4-7H2,1-3H3. The van der Waals surface area contributed by atoms with Crippen molar-refractivity contribution in [1.29, 1.82) is 0 Å². The molecule has 0 N–H and O–H groups in total. The molecule has 1 aliphatic carbocycles. The average Bonchev–Trinajstić information content (AvgIpc) is 3.06. The Balaban J connectivity index is 2.24. The number of sulfone groups is 1. The fraction of sp³-hybridized carbons (Fsp3) is 0.562. The van der Waals surface area contributed by atoms with Crippen LogP contribution in [0.25, 0.3) is 11.1 Å². The van der Waals surface area contributed by atoms with Gasteiger partial charge in [-0.2, -0.15) is 0 Å². The zero-order chi connectivity index (χ0) is 16.1. The largest absolute Gasteiger partial charge is 0.439 e. The Kier molecular flexibility index (Phi) is 3.76. The number of hydrogen-bond donors (Lipinski definition) is 0. The van der Waals surface area contributed by atoms with Crippen LogP contribution in [-0.4, -0.2) is 18.7 Å². The first-order valence-corrected chi connectivity index (χ1v) is 9.47. The third-order valence-electron chi connectivity index (χ3n) is 4.13. The maximum atomic E-state index is 13.0. The molecule has 0 amide bonds. The van der Waals surface area contributed by atoms with E-state index < -0.39 is 9.84 Å². The Morgan fingerprint density at radius 2 is 1.86 bits per heavy atom. The van der Waals surface area contributed by atoms with Gasteiger partial charge in [0.15, 0.2) is 15.4 Å². The number of nitrogens with zero attached hydrogens (tertiary/aromatic N) is 1. The van der Waals surface area contributed by atoms with Crippen LogP contribution in [0.3, 0.4) is 0 Å². The fourth-order valence-corrected chi connectivity index (χ4v) is 5.40. The molecule has 0 radical (unpaired) electrons. The van der Waals surface area contributed by atoms with E-state index in [1.54, 1.807) is 12.1 Å². The molecule has 0 atom stereocenters. The van der Waals surface area contributed by atoms with Gasteiger partial charge < -0.3 is 4.42 Å². The van der Waals surface area contributed by atoms with Crippen LogP contribution in [0.15, 0.2) is 21.4 Å². The smallest absolute Gasteiger partial charge is 0.200 e. The van der Waals surface area contributed by atoms with Crippen molar-refractivity contribution in [2.24, 2.45) is 0 Å². The molecule has 0 unspecified atom stereocenters. The van der Waals surface area contributed by atoms with Crippen LogP contribution in [-0.2, 0) is 15.3 Å². The van der Waals surface area contributed by atoms with Gasteiger partial charge in [-0.3, -0.25) is 0 Å². The summed E-state index contributed by atoms with van der Waals surface area (Å²) in [5.41, 5.74) is 0.551. The third-order valence-corrected chi connectivity index (χ3v) is 6.88. The molecule has 6 heteroatoms. The monoisotopic (exact) mass is 341 g/mol. The summed E-state index contributed by atoms with van der Waals surface area (Å²) in [6.07, 6.45) is 3.27. The van der Waals surface area contributed by atoms with Gasteiger partial charge >= 0.3 is 0 Å². The first-order chi connectivity index (χ1) is 10.2. The molecule has 1 heterocycles. The summed E-state index contributed by atoms with van der Waals surface area (Å²) in [7, 11) is -3.49. The molecule has 0 spiro atoms. The highest BCUT2D eigenvalue weighted by atomic mass is 35.5. The molecule has 1 aromatic carbocycles. The van der Waals surface area contributed by atoms with Crippen LogP contribution in [0.4, 0.5) is 0 Å². The van der Waals surface area contributed by atoms with Crippen molar-refractivity contribution < 1.29 is 12.8 Å². The van der Waals surface area contributed by atoms with Gasteiger partial charge in [-0.05, 0) is 25.0 Å². The van der Waals surface area contributed by atoms with E-state index in [0.717, 1.165) is 12.8 Å². The van der Waals surface area contributed by atoms with E-state index >= 15 is 0 Å². The second kappa shape index (κ2) is 5.24. The molecule has 0 aliphatic heterocycles. The number of halogens is 1. The number of aromatic nitrogens is 1. The van der Waals surface area contributed by atoms with Crippen LogP contribution in [0.5, 0.6) is 0 Å². The third kappa shape index (κ3) is 2.54. The van der Waals surface area contributed by atoms with Crippen molar-refractivity contribution in [3.05, 3.63) is 23.0 Å². The van der Waals surface area contributed by atoms with Crippen LogP contribution in [0.2, 0.25) is 5.02 Å². The molecule has 1 aliphatic rings. The van der Waals surface area contributed by atoms with Crippen molar-refractivity contribution in [3.8, 4) is 0 Å². The Bertz CT molecular complexity index is 812. The minimum Gasteiger partial charge on any atom is -0.439 e. The number of hydrogen-bond acceptors (Lipinski definition) is 4. The van der Waals surface area contributed by atoms with E-state index in [1.165, 1.54) is 0 Å². The second-order valence-electron chi connectivity index (χ2n) is 6.95. The molecule has 120 valence electrons. The van der Waals surface area contributed by atoms with Gasteiger partial charge in [0.1, 0.15) is 10.4 Å². The average molecular weight is 342 g/mol. The molecule has 22 heavy (non-hydrogen) atoms. The summed E-state index contributed by atoms with van der Waals surface area (Å²) < 4.78 is 31.7. The number of rotatable bonds is 2. The highest BCUT2D eigenvalue weighted by molar-refractivity contribution is 7.92. The Hall–Kier alpha value is -1.07. The van der Waals surface area contributed by atoms with Crippen LogP contribution in [0, 0.1) is 0 Å². The van der Waals surface area contributed by atoms with E-state index in [0.29, 0.717) is 29.8 Å². The first-order valence-electron chi connectivity index (χ1n) is 7.54. The van der Waals surface area contributed by atoms with E-state index in [9.17, 15) is 8.42 Å². The quantitative estimate of drug-likeness (QED) is 0.807. The summed E-state index contributed by atoms with van der Waals surface area (Å²) in [5, 5.41) is -0.144. The SMILES string of the molecule is CC(C)(C)c1nc2ccc(Cl)c(S(=O)(=O)C3CCCC3)c2o1. The van der Waals surface area contributed by atoms with Crippen LogP contribution >= 0.6 is 11.6 Å². The predicted molar refractivity (Wildman–Crippen MR) is 87.2 cm³/mol. The molecular weight excluding hydrogens is 322 g/mol. The number of oxazole rings is 1. The number of fused-ring (bicyclic) bond motifs is 1. The van der Waals surface area contributed by atoms with Gasteiger partial charge in [0, 0.05) is 5.41 Å². The van der Waals surface area contributed by atoms with Crippen molar-refractivity contribution in [3.63, 3.8) is 0 Å². The van der Waals surface area contributed by atoms with Crippen molar-refractivity contribution in [2.45, 2.75) is 62.0 Å². The van der Waals surface area contributed by atoms with E-state index in [-0.39, 0.29) is 20.6 Å². The zero-order valence-electron chi connectivity index (χ0n) is 13.0. The molecule has 1 saturated carbocycles. The first kappa shape index (κ1) is 15.8. The summed E-state index contributed by atoms with van der Waals surface area (Å²) in [5.74, 6) is 0.521. The lowest BCUT2D eigenvalue weighted by molar-refractivity contribution is 0.408. The summed E-state index contributed by atoms with van der Waals surface area (Å²) in [6.45, 7) is 5.93. The summed E-state index contributed by atoms with van der Waals surface area (Å²) in [4.78, 5) is 4.55. The molecule has 0 bridgehead atoms. The lowest BCUT2D eigenvalue weighted by atomic mass is 9.97. The maximum absolute atomic E-state index is 13.0. The van der Waals surface area contributed by atoms with E-state index in [4.69, 9.17) is 16.0 Å². The van der Waals surface area contributed by atoms with E-state index in [1.807, 2.05) is 20.8 Å². The van der Waals surface area contributed by atoms with Crippen molar-refractivity contribution >= 4 is 32.5 Å². The van der Waals surface area contributed by atoms with Crippen molar-refractivity contribution in [2.75, 3.05) is 0 Å². The fourth-order valence-electron chi connectivity index (χ4n) is 2.90. The van der Waals surface area contributed by atoms with Gasteiger partial charge in [0.25, 0.3) is 0 Å². The lowest BCUT2D eigenvalue weighted by Crippen LogP contribution is -2.18. The Morgan fingerprint density at radius 3 is 2.45 bits per heavy atom. The van der Waals surface area contributed by atoms with Gasteiger partial charge in [0.05, 0.1) is 10.3 Å². The van der Waals surface area contributed by atoms with E-state index in [2.05, 4.69) is 4.98 Å². The molecule has 2 aromatic rings. The Morgan fingerprint density at radius 1 is 1.23 bits per heavy atom. The predicted octanol–water partition coefficient (Wildman–Crippen LogP) is 4.50. The van der Waals surface area contributed by atoms with Crippen LogP contribution < -0.4 is 0 Å². The summed E-state index contributed by atoms with van der Waals surface area (Å²) >= 11 is 6.22. The molecule has 4 nitrogen and oxygen atoms in total. The molecule has 1 fully saturated rings. The maximum Gasteiger partial charge on any atom is 0.200 e. The van der Waals surface area contributed by atoms with Crippen LogP contribution in [0.1, 0.15) is 52.3 Å². The highest BCUT2D eigenvalue weighted by Crippen LogP contribution is 2.38. The van der Waals surface area contributed by atoms with Gasteiger partial charge in [-0.1, -0.05) is 45.2 Å². The zero-order valence-corrected chi connectivity index (χ0v) is 14.6. The minimum absolute atomic E-state index is 0.113. The Labute approximate surface area is 135 Å². The molecule has 0 saturated heterocycles. The molecule has 1 aromatic heterocycles. The second-order valence-corrected chi connectivity index (χ2v) is 9.52.